The highest BCUT2D eigenvalue weighted by molar-refractivity contribution is 5.89. The van der Waals surface area contributed by atoms with Crippen molar-refractivity contribution < 1.29 is 24.5 Å². The van der Waals surface area contributed by atoms with E-state index in [4.69, 9.17) is 5.11 Å². The van der Waals surface area contributed by atoms with Gasteiger partial charge in [-0.3, -0.25) is 9.68 Å². The number of carbonyl (C=O) groups excluding carboxylic acids is 1. The minimum Gasteiger partial charge on any atom is -0.481 e. The molecule has 0 aromatic heterocycles. The van der Waals surface area contributed by atoms with Crippen LogP contribution in [-0.4, -0.2) is 46.7 Å². The van der Waals surface area contributed by atoms with E-state index in [1.807, 2.05) is 0 Å². The Hall–Kier alpha value is -0.334. The molecular weight excluding hydrogens is 212 g/mol. The Kier molecular flexibility index (Phi) is 21.6. The van der Waals surface area contributed by atoms with Gasteiger partial charge in [-0.1, -0.05) is 26.7 Å². The van der Waals surface area contributed by atoms with Crippen LogP contribution in [0.5, 0.6) is 0 Å². The molecule has 5 nitrogen and oxygen atoms in total. The van der Waals surface area contributed by atoms with Crippen LogP contribution in [0, 0.1) is 0 Å². The van der Waals surface area contributed by atoms with Crippen LogP contribution < -0.4 is 0 Å². The van der Waals surface area contributed by atoms with E-state index in [2.05, 4.69) is 23.6 Å². The van der Waals surface area contributed by atoms with Crippen molar-refractivity contribution in [1.29, 1.82) is 0 Å². The monoisotopic (exact) mass is 232 g/mol. The van der Waals surface area contributed by atoms with Crippen molar-refractivity contribution in [3.05, 3.63) is 0 Å². The maximum absolute atomic E-state index is 10.3. The minimum absolute atomic E-state index is 0. The largest absolute Gasteiger partial charge is 0.481 e. The first kappa shape index (κ1) is 20.1. The van der Waals surface area contributed by atoms with E-state index in [1.54, 1.807) is 6.92 Å². The predicted octanol–water partition coefficient (Wildman–Crippen LogP) is 0.846. The molecule has 0 rings (SSSR count). The van der Waals surface area contributed by atoms with E-state index < -0.39 is 18.4 Å². The highest BCUT2D eigenvalue weighted by atomic mass is 24.3. The van der Waals surface area contributed by atoms with Crippen LogP contribution in [0.25, 0.3) is 0 Å². The number of unbranched alkanes of at least 4 members (excludes halogenated alkanes) is 1. The summed E-state index contributed by atoms with van der Waals surface area (Å²) in [6.45, 7) is 6.19. The van der Waals surface area contributed by atoms with E-state index in [1.165, 1.54) is 12.8 Å². The number of aliphatic carboxylic acids is 1. The first-order chi connectivity index (χ1) is 6.58. The average Bonchev–Trinajstić information content (AvgIpc) is 2.14. The molecule has 0 spiro atoms. The Morgan fingerprint density at radius 1 is 1.13 bits per heavy atom. The lowest BCUT2D eigenvalue weighted by molar-refractivity contribution is -0.269. The summed E-state index contributed by atoms with van der Waals surface area (Å²) in [5, 5.41) is 8.03. The fourth-order valence-corrected chi connectivity index (χ4v) is 0.278. The fraction of sp³-hybridized carbons (Fsp3) is 0.778. The van der Waals surface area contributed by atoms with Crippen LogP contribution in [0.3, 0.4) is 0 Å². The molecular formula is C9H20MgO5. The van der Waals surface area contributed by atoms with Gasteiger partial charge >= 0.3 is 35.0 Å². The van der Waals surface area contributed by atoms with Crippen molar-refractivity contribution in [3.63, 3.8) is 0 Å². The Balaban J connectivity index is -0.000000249. The van der Waals surface area contributed by atoms with Gasteiger partial charge in [-0.25, -0.2) is 4.79 Å². The van der Waals surface area contributed by atoms with Crippen molar-refractivity contribution >= 4 is 35.0 Å². The molecule has 0 atom stereocenters. The molecule has 0 saturated carbocycles. The molecule has 0 fully saturated rings. The summed E-state index contributed by atoms with van der Waals surface area (Å²) in [5.41, 5.74) is 0. The molecule has 0 aliphatic heterocycles. The van der Waals surface area contributed by atoms with Gasteiger partial charge in [0.1, 0.15) is 6.42 Å². The van der Waals surface area contributed by atoms with E-state index in [0.29, 0.717) is 0 Å². The summed E-state index contributed by atoms with van der Waals surface area (Å²) in [6, 6.07) is 0. The van der Waals surface area contributed by atoms with Gasteiger partial charge in [0.2, 0.25) is 0 Å². The highest BCUT2D eigenvalue weighted by Gasteiger charge is 2.08. The van der Waals surface area contributed by atoms with Crippen LogP contribution in [0.15, 0.2) is 0 Å². The van der Waals surface area contributed by atoms with Gasteiger partial charge in [-0.15, -0.1) is 0 Å². The van der Waals surface area contributed by atoms with Crippen LogP contribution in [-0.2, 0) is 19.4 Å². The second-order valence-corrected chi connectivity index (χ2v) is 2.43. The molecule has 1 N–H and O–H groups in total. The van der Waals surface area contributed by atoms with Crippen molar-refractivity contribution in [2.24, 2.45) is 0 Å². The van der Waals surface area contributed by atoms with Crippen LogP contribution in [0.4, 0.5) is 0 Å². The number of carboxylic acids is 1. The summed E-state index contributed by atoms with van der Waals surface area (Å²) in [4.78, 5) is 28.3. The molecule has 0 heterocycles. The molecule has 0 aliphatic rings. The third-order valence-electron chi connectivity index (χ3n) is 1.07. The molecule has 6 heteroatoms. The Morgan fingerprint density at radius 3 is 1.87 bits per heavy atom. The Morgan fingerprint density at radius 2 is 1.60 bits per heavy atom. The lowest BCUT2D eigenvalue weighted by Crippen LogP contribution is -2.10. The highest BCUT2D eigenvalue weighted by Crippen LogP contribution is 1.86. The number of hydrogen-bond donors (Lipinski definition) is 1. The lowest BCUT2D eigenvalue weighted by Gasteiger charge is -1.96. The Labute approximate surface area is 106 Å². The molecule has 88 valence electrons. The molecule has 0 saturated heterocycles. The summed E-state index contributed by atoms with van der Waals surface area (Å²) >= 11 is 0. The molecule has 0 aromatic carbocycles. The summed E-state index contributed by atoms with van der Waals surface area (Å²) in [6.07, 6.45) is 1.97. The number of carboxylic acid groups (broad SMARTS) is 1. The number of rotatable bonds is 5. The maximum Gasteiger partial charge on any atom is 0.353 e. The third kappa shape index (κ3) is 24.8. The first-order valence-corrected chi connectivity index (χ1v) is 4.62. The van der Waals surface area contributed by atoms with Crippen LogP contribution in [0.1, 0.15) is 40.0 Å². The zero-order valence-corrected chi connectivity index (χ0v) is 8.91. The number of carbonyl (C=O) groups is 2. The standard InChI is InChI=1S/C5H8O5.C4H10.Mg.2H/c1-2-9-10-5(8)3-4(6)7;1-3-4-2;;;/h2-3H2,1H3,(H,6,7);3-4H2,1-2H3;;;. The molecule has 0 unspecified atom stereocenters. The second-order valence-electron chi connectivity index (χ2n) is 2.43. The van der Waals surface area contributed by atoms with Crippen molar-refractivity contribution in [3.8, 4) is 0 Å². The summed E-state index contributed by atoms with van der Waals surface area (Å²) in [7, 11) is 0. The van der Waals surface area contributed by atoms with Crippen molar-refractivity contribution in [2.45, 2.75) is 40.0 Å². The van der Waals surface area contributed by atoms with Gasteiger partial charge in [-0.05, 0) is 6.92 Å². The smallest absolute Gasteiger partial charge is 0.353 e. The fourth-order valence-electron chi connectivity index (χ4n) is 0.278. The van der Waals surface area contributed by atoms with Gasteiger partial charge in [0.15, 0.2) is 0 Å². The zero-order valence-electron chi connectivity index (χ0n) is 8.91. The molecule has 0 bridgehead atoms. The SMILES string of the molecule is CCCC.CCOOC(=O)CC(=O)O.[MgH2]. The maximum atomic E-state index is 10.3. The molecule has 0 amide bonds. The van der Waals surface area contributed by atoms with E-state index in [9.17, 15) is 9.59 Å². The predicted molar refractivity (Wildman–Crippen MR) is 59.1 cm³/mol. The van der Waals surface area contributed by atoms with Gasteiger partial charge in [0.05, 0.1) is 6.61 Å². The van der Waals surface area contributed by atoms with Gasteiger partial charge in [-0.2, -0.15) is 4.89 Å². The van der Waals surface area contributed by atoms with Gasteiger partial charge in [0, 0.05) is 0 Å². The van der Waals surface area contributed by atoms with Crippen LogP contribution in [0.2, 0.25) is 0 Å². The van der Waals surface area contributed by atoms with E-state index >= 15 is 0 Å². The lowest BCUT2D eigenvalue weighted by atomic mass is 10.4. The van der Waals surface area contributed by atoms with Crippen molar-refractivity contribution in [1.82, 2.24) is 0 Å². The molecule has 0 aliphatic carbocycles. The zero-order chi connectivity index (χ0) is 11.4. The molecule has 15 heavy (non-hydrogen) atoms. The average molecular weight is 233 g/mol. The topological polar surface area (TPSA) is 72.8 Å². The van der Waals surface area contributed by atoms with Crippen molar-refractivity contribution in [2.75, 3.05) is 6.61 Å². The summed E-state index contributed by atoms with van der Waals surface area (Å²) in [5.74, 6) is -2.13. The normalized spacial score (nSPS) is 7.93. The summed E-state index contributed by atoms with van der Waals surface area (Å²) < 4.78 is 0. The van der Waals surface area contributed by atoms with E-state index in [0.717, 1.165) is 0 Å². The van der Waals surface area contributed by atoms with Crippen LogP contribution >= 0.6 is 0 Å². The molecule has 0 radical (unpaired) electrons. The van der Waals surface area contributed by atoms with E-state index in [-0.39, 0.29) is 29.7 Å². The number of hydrogen-bond acceptors (Lipinski definition) is 4. The second kappa shape index (κ2) is 16.1. The third-order valence-corrected chi connectivity index (χ3v) is 1.07. The minimum atomic E-state index is -1.23. The van der Waals surface area contributed by atoms with Gasteiger partial charge in [0.25, 0.3) is 0 Å². The quantitative estimate of drug-likeness (QED) is 0.329. The Bertz CT molecular complexity index is 159. The molecule has 0 aromatic rings. The first-order valence-electron chi connectivity index (χ1n) is 4.62. The van der Waals surface area contributed by atoms with Gasteiger partial charge < -0.3 is 5.11 Å².